The van der Waals surface area contributed by atoms with Crippen molar-refractivity contribution >= 4 is 35.2 Å². The number of halogens is 1. The zero-order chi connectivity index (χ0) is 19.8. The lowest BCUT2D eigenvalue weighted by Gasteiger charge is -2.07. The monoisotopic (exact) mass is 391 g/mol. The first-order chi connectivity index (χ1) is 13.6. The minimum atomic E-state index is -0.238. The van der Waals surface area contributed by atoms with E-state index in [1.165, 1.54) is 12.3 Å². The zero-order valence-corrected chi connectivity index (χ0v) is 15.7. The van der Waals surface area contributed by atoms with Gasteiger partial charge in [0.15, 0.2) is 0 Å². The van der Waals surface area contributed by atoms with Crippen LogP contribution >= 0.6 is 11.6 Å². The van der Waals surface area contributed by atoms with Crippen LogP contribution in [-0.2, 0) is 11.3 Å². The number of rotatable bonds is 6. The van der Waals surface area contributed by atoms with Crippen LogP contribution in [0.4, 0.5) is 5.69 Å². The van der Waals surface area contributed by atoms with Crippen molar-refractivity contribution in [3.63, 3.8) is 0 Å². The number of carbonyl (C=O) groups is 2. The molecule has 5 nitrogen and oxygen atoms in total. The van der Waals surface area contributed by atoms with Crippen LogP contribution in [0.25, 0.3) is 6.08 Å². The predicted molar refractivity (Wildman–Crippen MR) is 111 cm³/mol. The van der Waals surface area contributed by atoms with Crippen LogP contribution < -0.4 is 10.6 Å². The van der Waals surface area contributed by atoms with Crippen LogP contribution in [0, 0.1) is 0 Å². The van der Waals surface area contributed by atoms with E-state index in [4.69, 9.17) is 11.6 Å². The maximum Gasteiger partial charge on any atom is 0.253 e. The summed E-state index contributed by atoms with van der Waals surface area (Å²) in [6.45, 7) is 0.386. The summed E-state index contributed by atoms with van der Waals surface area (Å²) in [5.74, 6) is -0.422. The fraction of sp³-hybridized carbons (Fsp3) is 0.0455. The molecule has 140 valence electrons. The van der Waals surface area contributed by atoms with E-state index in [-0.39, 0.29) is 11.8 Å². The zero-order valence-electron chi connectivity index (χ0n) is 14.9. The summed E-state index contributed by atoms with van der Waals surface area (Å²) in [5.41, 5.74) is 2.95. The molecule has 0 fully saturated rings. The predicted octanol–water partition coefficient (Wildman–Crippen LogP) is 4.32. The van der Waals surface area contributed by atoms with Crippen LogP contribution in [0.5, 0.6) is 0 Å². The van der Waals surface area contributed by atoms with Gasteiger partial charge < -0.3 is 10.6 Å². The normalized spacial score (nSPS) is 10.6. The first kappa shape index (κ1) is 19.3. The molecule has 0 saturated carbocycles. The number of anilines is 1. The van der Waals surface area contributed by atoms with E-state index in [0.717, 1.165) is 11.1 Å². The topological polar surface area (TPSA) is 71.1 Å². The molecule has 0 unspecified atom stereocenters. The van der Waals surface area contributed by atoms with Gasteiger partial charge in [-0.1, -0.05) is 35.9 Å². The molecule has 0 saturated heterocycles. The second kappa shape index (κ2) is 9.48. The lowest BCUT2D eigenvalue weighted by molar-refractivity contribution is -0.111. The molecule has 1 aromatic heterocycles. The van der Waals surface area contributed by atoms with E-state index in [9.17, 15) is 9.59 Å². The molecule has 0 radical (unpaired) electrons. The van der Waals surface area contributed by atoms with Crippen molar-refractivity contribution in [2.75, 3.05) is 5.32 Å². The van der Waals surface area contributed by atoms with E-state index in [1.54, 1.807) is 48.7 Å². The molecule has 6 heteroatoms. The highest BCUT2D eigenvalue weighted by Gasteiger charge is 2.05. The molecule has 0 aliphatic rings. The fourth-order valence-corrected chi connectivity index (χ4v) is 2.65. The molecular formula is C22H18ClN3O2. The molecule has 2 aromatic carbocycles. The molecule has 1 heterocycles. The highest BCUT2D eigenvalue weighted by molar-refractivity contribution is 6.30. The second-order valence-electron chi connectivity index (χ2n) is 6.00. The van der Waals surface area contributed by atoms with Gasteiger partial charge >= 0.3 is 0 Å². The van der Waals surface area contributed by atoms with E-state index < -0.39 is 0 Å². The number of carbonyl (C=O) groups excluding carboxylic acids is 2. The molecule has 0 aliphatic heterocycles. The van der Waals surface area contributed by atoms with Gasteiger partial charge in [0, 0.05) is 35.7 Å². The Kier molecular flexibility index (Phi) is 6.54. The number of nitrogens with zero attached hydrogens (tertiary/aromatic N) is 1. The largest absolute Gasteiger partial charge is 0.348 e. The quantitative estimate of drug-likeness (QED) is 0.615. The molecule has 2 amide bonds. The molecule has 28 heavy (non-hydrogen) atoms. The Morgan fingerprint density at radius 3 is 2.57 bits per heavy atom. The molecule has 2 N–H and O–H groups in total. The van der Waals surface area contributed by atoms with Crippen molar-refractivity contribution in [3.05, 3.63) is 101 Å². The third-order valence-corrected chi connectivity index (χ3v) is 4.11. The summed E-state index contributed by atoms with van der Waals surface area (Å²) < 4.78 is 0. The van der Waals surface area contributed by atoms with Gasteiger partial charge in [-0.25, -0.2) is 0 Å². The lowest BCUT2D eigenvalue weighted by Crippen LogP contribution is -2.22. The van der Waals surface area contributed by atoms with Crippen LogP contribution in [0.2, 0.25) is 5.02 Å². The third kappa shape index (κ3) is 5.79. The van der Waals surface area contributed by atoms with Gasteiger partial charge in [0.05, 0.1) is 5.56 Å². The van der Waals surface area contributed by atoms with Crippen molar-refractivity contribution in [3.8, 4) is 0 Å². The average molecular weight is 392 g/mol. The van der Waals surface area contributed by atoms with Gasteiger partial charge in [-0.2, -0.15) is 0 Å². The van der Waals surface area contributed by atoms with Crippen LogP contribution in [0.15, 0.2) is 79.1 Å². The summed E-state index contributed by atoms with van der Waals surface area (Å²) in [6.07, 6.45) is 6.29. The number of hydrogen-bond donors (Lipinski definition) is 2. The minimum absolute atomic E-state index is 0.184. The first-order valence-electron chi connectivity index (χ1n) is 8.62. The molecule has 0 bridgehead atoms. The first-order valence-corrected chi connectivity index (χ1v) is 9.00. The number of nitrogens with one attached hydrogen (secondary N) is 2. The minimum Gasteiger partial charge on any atom is -0.348 e. The Labute approximate surface area is 168 Å². The molecular weight excluding hydrogens is 374 g/mol. The van der Waals surface area contributed by atoms with E-state index in [2.05, 4.69) is 15.6 Å². The van der Waals surface area contributed by atoms with E-state index in [1.807, 2.05) is 24.3 Å². The Balaban J connectivity index is 1.51. The Morgan fingerprint density at radius 1 is 1.04 bits per heavy atom. The highest BCUT2D eigenvalue weighted by atomic mass is 35.5. The van der Waals surface area contributed by atoms with Crippen LogP contribution in [0.1, 0.15) is 21.5 Å². The lowest BCUT2D eigenvalue weighted by atomic mass is 10.2. The number of pyridine rings is 1. The van der Waals surface area contributed by atoms with Crippen molar-refractivity contribution < 1.29 is 9.59 Å². The third-order valence-electron chi connectivity index (χ3n) is 3.87. The smallest absolute Gasteiger partial charge is 0.253 e. The number of amides is 2. The summed E-state index contributed by atoms with van der Waals surface area (Å²) in [5, 5.41) is 6.24. The van der Waals surface area contributed by atoms with Crippen molar-refractivity contribution in [2.45, 2.75) is 6.54 Å². The number of hydrogen-bond acceptors (Lipinski definition) is 3. The summed E-state index contributed by atoms with van der Waals surface area (Å²) in [7, 11) is 0. The Morgan fingerprint density at radius 2 is 1.86 bits per heavy atom. The fourth-order valence-electron chi connectivity index (χ4n) is 2.45. The van der Waals surface area contributed by atoms with Crippen LogP contribution in [-0.4, -0.2) is 16.8 Å². The van der Waals surface area contributed by atoms with E-state index >= 15 is 0 Å². The highest BCUT2D eigenvalue weighted by Crippen LogP contribution is 2.13. The van der Waals surface area contributed by atoms with E-state index in [0.29, 0.717) is 22.8 Å². The van der Waals surface area contributed by atoms with Gasteiger partial charge in [0.1, 0.15) is 0 Å². The molecule has 3 rings (SSSR count). The Hall–Kier alpha value is -3.44. The summed E-state index contributed by atoms with van der Waals surface area (Å²) in [6, 6.07) is 17.9. The van der Waals surface area contributed by atoms with Crippen molar-refractivity contribution in [1.29, 1.82) is 0 Å². The SMILES string of the molecule is O=C(/C=C/c1cccc(Cl)c1)Nc1ccc(CNC(=O)c2cccnc2)cc1. The number of benzene rings is 2. The van der Waals surface area contributed by atoms with Crippen LogP contribution in [0.3, 0.4) is 0 Å². The molecule has 3 aromatic rings. The standard InChI is InChI=1S/C22H18ClN3O2/c23-19-5-1-3-16(13-19)8-11-21(27)26-20-9-6-17(7-10-20)14-25-22(28)18-4-2-12-24-15-18/h1-13,15H,14H2,(H,25,28)(H,26,27)/b11-8+. The van der Waals surface area contributed by atoms with Gasteiger partial charge in [0.25, 0.3) is 5.91 Å². The maximum atomic E-state index is 12.0. The van der Waals surface area contributed by atoms with Gasteiger partial charge in [-0.05, 0) is 53.6 Å². The average Bonchev–Trinajstić information content (AvgIpc) is 2.72. The molecule has 0 spiro atoms. The second-order valence-corrected chi connectivity index (χ2v) is 6.44. The van der Waals surface area contributed by atoms with Gasteiger partial charge in [-0.3, -0.25) is 14.6 Å². The summed E-state index contributed by atoms with van der Waals surface area (Å²) in [4.78, 5) is 28.0. The molecule has 0 atom stereocenters. The van der Waals surface area contributed by atoms with Crippen molar-refractivity contribution in [2.24, 2.45) is 0 Å². The Bertz CT molecular complexity index is 986. The van der Waals surface area contributed by atoms with Crippen molar-refractivity contribution in [1.82, 2.24) is 10.3 Å². The van der Waals surface area contributed by atoms with Gasteiger partial charge in [0.2, 0.25) is 5.91 Å². The summed E-state index contributed by atoms with van der Waals surface area (Å²) >= 11 is 5.92. The maximum absolute atomic E-state index is 12.0. The van der Waals surface area contributed by atoms with Gasteiger partial charge in [-0.15, -0.1) is 0 Å². The number of aromatic nitrogens is 1. The molecule has 0 aliphatic carbocycles.